The second kappa shape index (κ2) is 7.54. The minimum atomic E-state index is 0.0131. The van der Waals surface area contributed by atoms with Gasteiger partial charge in [-0.3, -0.25) is 4.79 Å². The average molecular weight is 324 g/mol. The Morgan fingerprint density at radius 2 is 2.17 bits per heavy atom. The zero-order valence-corrected chi connectivity index (χ0v) is 13.6. The monoisotopic (exact) mass is 324 g/mol. The van der Waals surface area contributed by atoms with Crippen molar-refractivity contribution < 1.29 is 4.79 Å². The lowest BCUT2D eigenvalue weighted by atomic mass is 10.1. The van der Waals surface area contributed by atoms with Crippen LogP contribution in [0.2, 0.25) is 0 Å². The van der Waals surface area contributed by atoms with E-state index in [4.69, 9.17) is 0 Å². The summed E-state index contributed by atoms with van der Waals surface area (Å²) in [5.74, 6) is 1.01. The van der Waals surface area contributed by atoms with Crippen molar-refractivity contribution >= 4 is 5.91 Å². The molecule has 0 aliphatic carbocycles. The third-order valence-electron chi connectivity index (χ3n) is 3.83. The lowest BCUT2D eigenvalue weighted by molar-refractivity contribution is -0.121. The van der Waals surface area contributed by atoms with Crippen molar-refractivity contribution in [1.29, 1.82) is 0 Å². The van der Waals surface area contributed by atoms with Gasteiger partial charge >= 0.3 is 0 Å². The Balaban J connectivity index is 1.57. The maximum atomic E-state index is 12.1. The molecule has 0 atom stereocenters. The molecule has 24 heavy (non-hydrogen) atoms. The summed E-state index contributed by atoms with van der Waals surface area (Å²) in [7, 11) is 0. The number of nitrogens with zero attached hydrogens (tertiary/aromatic N) is 5. The number of carbonyl (C=O) groups is 1. The number of amides is 1. The molecule has 7 heteroatoms. The van der Waals surface area contributed by atoms with E-state index in [0.29, 0.717) is 19.5 Å². The van der Waals surface area contributed by atoms with Crippen molar-refractivity contribution in [3.05, 3.63) is 60.7 Å². The highest BCUT2D eigenvalue weighted by Gasteiger charge is 2.08. The fraction of sp³-hybridized carbons (Fsp3) is 0.294. The van der Waals surface area contributed by atoms with Gasteiger partial charge in [0.1, 0.15) is 18.5 Å². The molecule has 0 saturated carbocycles. The zero-order valence-electron chi connectivity index (χ0n) is 13.6. The number of aromatic nitrogens is 5. The maximum absolute atomic E-state index is 12.1. The fourth-order valence-corrected chi connectivity index (χ4v) is 2.58. The first-order valence-corrected chi connectivity index (χ1v) is 7.97. The van der Waals surface area contributed by atoms with Gasteiger partial charge in [0.25, 0.3) is 0 Å². The molecule has 0 spiro atoms. The molecule has 2 aromatic heterocycles. The van der Waals surface area contributed by atoms with Gasteiger partial charge in [0.15, 0.2) is 0 Å². The molecule has 3 rings (SSSR count). The van der Waals surface area contributed by atoms with Crippen LogP contribution in [-0.2, 0) is 24.3 Å². The Labute approximate surface area is 140 Å². The molecule has 7 nitrogen and oxygen atoms in total. The average Bonchev–Trinajstić information content (AvgIpc) is 3.29. The van der Waals surface area contributed by atoms with Gasteiger partial charge < -0.3 is 9.88 Å². The lowest BCUT2D eigenvalue weighted by Gasteiger charge is -2.11. The van der Waals surface area contributed by atoms with Crippen LogP contribution in [0.15, 0.2) is 49.3 Å². The molecular formula is C17H20N6O. The molecule has 0 aliphatic heterocycles. The largest absolute Gasteiger partial charge is 0.352 e. The van der Waals surface area contributed by atoms with Gasteiger partial charge in [-0.15, -0.1) is 0 Å². The number of para-hydroxylation sites is 1. The topological polar surface area (TPSA) is 77.6 Å². The summed E-state index contributed by atoms with van der Waals surface area (Å²) in [6, 6.07) is 7.81. The maximum Gasteiger partial charge on any atom is 0.222 e. The van der Waals surface area contributed by atoms with Gasteiger partial charge in [-0.1, -0.05) is 25.1 Å². The number of aryl methyl sites for hydroxylation is 2. The summed E-state index contributed by atoms with van der Waals surface area (Å²) in [5, 5.41) is 7.11. The number of hydrogen-bond donors (Lipinski definition) is 1. The first-order valence-electron chi connectivity index (χ1n) is 7.97. The van der Waals surface area contributed by atoms with Crippen molar-refractivity contribution in [1.82, 2.24) is 29.6 Å². The van der Waals surface area contributed by atoms with E-state index in [9.17, 15) is 4.79 Å². The number of nitrogens with one attached hydrogen (secondary N) is 1. The van der Waals surface area contributed by atoms with Gasteiger partial charge in [0.2, 0.25) is 5.91 Å². The van der Waals surface area contributed by atoms with Crippen LogP contribution in [0.25, 0.3) is 5.69 Å². The number of rotatable bonds is 7. The minimum Gasteiger partial charge on any atom is -0.352 e. The molecule has 0 radical (unpaired) electrons. The Hall–Kier alpha value is -2.96. The van der Waals surface area contributed by atoms with Crippen LogP contribution in [-0.4, -0.2) is 30.2 Å². The lowest BCUT2D eigenvalue weighted by Crippen LogP contribution is -2.24. The molecule has 3 aromatic rings. The van der Waals surface area contributed by atoms with Crippen molar-refractivity contribution in [2.45, 2.75) is 32.9 Å². The van der Waals surface area contributed by atoms with E-state index in [-0.39, 0.29) is 5.91 Å². The summed E-state index contributed by atoms with van der Waals surface area (Å²) in [4.78, 5) is 20.4. The molecule has 2 heterocycles. The van der Waals surface area contributed by atoms with Gasteiger partial charge in [-0.25, -0.2) is 14.6 Å². The highest BCUT2D eigenvalue weighted by atomic mass is 16.1. The standard InChI is InChI=1S/C17H20N6O/c1-2-16-19-8-10-22(16)9-7-17(24)20-11-14-5-3-4-6-15(14)23-13-18-12-21-23/h3-6,8,10,12-13H,2,7,9,11H2,1H3,(H,20,24). The van der Waals surface area contributed by atoms with E-state index in [0.717, 1.165) is 23.5 Å². The number of carbonyl (C=O) groups excluding carboxylic acids is 1. The molecule has 0 saturated heterocycles. The van der Waals surface area contributed by atoms with E-state index in [1.165, 1.54) is 6.33 Å². The summed E-state index contributed by atoms with van der Waals surface area (Å²) in [5.41, 5.74) is 1.91. The van der Waals surface area contributed by atoms with Crippen molar-refractivity contribution in [3.8, 4) is 5.69 Å². The molecule has 0 fully saturated rings. The van der Waals surface area contributed by atoms with Gasteiger partial charge in [0, 0.05) is 38.3 Å². The third kappa shape index (κ3) is 3.68. The summed E-state index contributed by atoms with van der Waals surface area (Å²) in [6.45, 7) is 3.15. The fourth-order valence-electron chi connectivity index (χ4n) is 2.58. The Morgan fingerprint density at radius 3 is 2.96 bits per heavy atom. The Bertz CT molecular complexity index is 793. The van der Waals surface area contributed by atoms with Crippen molar-refractivity contribution in [2.75, 3.05) is 0 Å². The smallest absolute Gasteiger partial charge is 0.222 e. The highest BCUT2D eigenvalue weighted by molar-refractivity contribution is 5.75. The highest BCUT2D eigenvalue weighted by Crippen LogP contribution is 2.12. The van der Waals surface area contributed by atoms with Crippen molar-refractivity contribution in [3.63, 3.8) is 0 Å². The van der Waals surface area contributed by atoms with E-state index >= 15 is 0 Å². The van der Waals surface area contributed by atoms with E-state index in [2.05, 4.69) is 27.3 Å². The number of imidazole rings is 1. The number of benzene rings is 1. The van der Waals surface area contributed by atoms with Crippen LogP contribution in [0.5, 0.6) is 0 Å². The van der Waals surface area contributed by atoms with Gasteiger partial charge in [-0.2, -0.15) is 5.10 Å². The van der Waals surface area contributed by atoms with E-state index in [1.54, 1.807) is 17.2 Å². The second-order valence-electron chi connectivity index (χ2n) is 5.39. The van der Waals surface area contributed by atoms with Crippen molar-refractivity contribution in [2.24, 2.45) is 0 Å². The van der Waals surface area contributed by atoms with Crippen LogP contribution >= 0.6 is 0 Å². The first kappa shape index (κ1) is 15.9. The number of hydrogen-bond acceptors (Lipinski definition) is 4. The van der Waals surface area contributed by atoms with Crippen LogP contribution in [0.4, 0.5) is 0 Å². The summed E-state index contributed by atoms with van der Waals surface area (Å²) >= 11 is 0. The quantitative estimate of drug-likeness (QED) is 0.718. The third-order valence-corrected chi connectivity index (χ3v) is 3.83. The van der Waals surface area contributed by atoms with Crippen LogP contribution in [0.1, 0.15) is 24.7 Å². The SMILES string of the molecule is CCc1nccn1CCC(=O)NCc1ccccc1-n1cncn1. The summed E-state index contributed by atoms with van der Waals surface area (Å²) < 4.78 is 3.71. The molecule has 0 aliphatic rings. The van der Waals surface area contributed by atoms with E-state index in [1.807, 2.05) is 35.0 Å². The predicted octanol–water partition coefficient (Wildman–Crippen LogP) is 1.73. The van der Waals surface area contributed by atoms with Crippen LogP contribution in [0.3, 0.4) is 0 Å². The second-order valence-corrected chi connectivity index (χ2v) is 5.39. The normalized spacial score (nSPS) is 10.7. The first-order chi connectivity index (χ1) is 11.8. The van der Waals surface area contributed by atoms with Crippen LogP contribution < -0.4 is 5.32 Å². The van der Waals surface area contributed by atoms with Crippen LogP contribution in [0, 0.1) is 0 Å². The zero-order chi connectivity index (χ0) is 16.8. The van der Waals surface area contributed by atoms with Gasteiger partial charge in [-0.05, 0) is 11.6 Å². The molecule has 0 unspecified atom stereocenters. The molecule has 1 N–H and O–H groups in total. The molecule has 1 amide bonds. The predicted molar refractivity (Wildman–Crippen MR) is 89.4 cm³/mol. The molecule has 1 aromatic carbocycles. The van der Waals surface area contributed by atoms with E-state index < -0.39 is 0 Å². The minimum absolute atomic E-state index is 0.0131. The molecular weight excluding hydrogens is 304 g/mol. The summed E-state index contributed by atoms with van der Waals surface area (Å²) in [6.07, 6.45) is 8.10. The molecule has 124 valence electrons. The Kier molecular flexibility index (Phi) is 5.00. The Morgan fingerprint density at radius 1 is 1.29 bits per heavy atom. The molecule has 0 bridgehead atoms. The van der Waals surface area contributed by atoms with Gasteiger partial charge in [0.05, 0.1) is 5.69 Å².